The van der Waals surface area contributed by atoms with Crippen LogP contribution in [0.2, 0.25) is 0 Å². The Hall–Kier alpha value is -1.85. The molecule has 6 nitrogen and oxygen atoms in total. The van der Waals surface area contributed by atoms with Crippen LogP contribution in [0.25, 0.3) is 0 Å². The lowest BCUT2D eigenvalue weighted by atomic mass is 10.1. The van der Waals surface area contributed by atoms with Crippen molar-refractivity contribution in [3.05, 3.63) is 47.5 Å². The Balaban J connectivity index is 0.00000392. The molecule has 1 aromatic heterocycles. The maximum atomic E-state index is 12.8. The van der Waals surface area contributed by atoms with Gasteiger partial charge in [-0.2, -0.15) is 13.2 Å². The maximum absolute atomic E-state index is 12.8. The smallest absolute Gasteiger partial charge is 0.356 e. The molecular formula is C18H26F3IN6. The summed E-state index contributed by atoms with van der Waals surface area (Å²) in [5.74, 6) is 1.47. The first kappa shape index (κ1) is 24.2. The number of hydrogen-bond acceptors (Lipinski definition) is 3. The molecule has 28 heavy (non-hydrogen) atoms. The molecule has 0 unspecified atom stereocenters. The summed E-state index contributed by atoms with van der Waals surface area (Å²) in [6.45, 7) is 6.20. The second-order valence-electron chi connectivity index (χ2n) is 6.01. The van der Waals surface area contributed by atoms with Gasteiger partial charge in [0.15, 0.2) is 5.96 Å². The van der Waals surface area contributed by atoms with E-state index in [-0.39, 0.29) is 30.5 Å². The van der Waals surface area contributed by atoms with Crippen molar-refractivity contribution in [2.45, 2.75) is 46.0 Å². The van der Waals surface area contributed by atoms with Gasteiger partial charge in [-0.1, -0.05) is 26.0 Å². The lowest BCUT2D eigenvalue weighted by Crippen LogP contribution is -2.39. The summed E-state index contributed by atoms with van der Waals surface area (Å²) < 4.78 is 40.4. The number of halogens is 4. The van der Waals surface area contributed by atoms with Crippen molar-refractivity contribution >= 4 is 29.9 Å². The quantitative estimate of drug-likeness (QED) is 0.324. The van der Waals surface area contributed by atoms with Crippen LogP contribution in [0.3, 0.4) is 0 Å². The van der Waals surface area contributed by atoms with Crippen molar-refractivity contribution in [1.29, 1.82) is 0 Å². The number of nitrogens with one attached hydrogen (secondary N) is 2. The number of rotatable bonds is 8. The first-order valence-corrected chi connectivity index (χ1v) is 8.99. The Kier molecular flexibility index (Phi) is 10.3. The van der Waals surface area contributed by atoms with E-state index >= 15 is 0 Å². The number of aromatic nitrogens is 3. The van der Waals surface area contributed by atoms with E-state index in [0.717, 1.165) is 37.3 Å². The Morgan fingerprint density at radius 3 is 2.61 bits per heavy atom. The highest BCUT2D eigenvalue weighted by Gasteiger charge is 2.30. The molecule has 1 heterocycles. The zero-order chi connectivity index (χ0) is 19.7. The Morgan fingerprint density at radius 1 is 1.18 bits per heavy atom. The molecule has 0 bridgehead atoms. The third-order valence-corrected chi connectivity index (χ3v) is 3.87. The van der Waals surface area contributed by atoms with Crippen LogP contribution in [-0.4, -0.2) is 33.8 Å². The molecule has 0 saturated heterocycles. The molecule has 0 spiro atoms. The van der Waals surface area contributed by atoms with Crippen LogP contribution in [0.4, 0.5) is 13.2 Å². The summed E-state index contributed by atoms with van der Waals surface area (Å²) >= 11 is 0. The van der Waals surface area contributed by atoms with E-state index in [9.17, 15) is 13.2 Å². The second-order valence-corrected chi connectivity index (χ2v) is 6.01. The third kappa shape index (κ3) is 7.64. The Morgan fingerprint density at radius 2 is 1.93 bits per heavy atom. The highest BCUT2D eigenvalue weighted by atomic mass is 127. The normalized spacial score (nSPS) is 11.8. The fourth-order valence-electron chi connectivity index (χ4n) is 2.47. The molecule has 0 fully saturated rings. The van der Waals surface area contributed by atoms with Gasteiger partial charge in [-0.05, 0) is 24.1 Å². The van der Waals surface area contributed by atoms with Gasteiger partial charge in [0.1, 0.15) is 12.2 Å². The van der Waals surface area contributed by atoms with E-state index in [1.165, 1.54) is 6.07 Å². The van der Waals surface area contributed by atoms with Crippen LogP contribution < -0.4 is 10.6 Å². The highest BCUT2D eigenvalue weighted by molar-refractivity contribution is 14.0. The van der Waals surface area contributed by atoms with E-state index in [1.807, 2.05) is 18.4 Å². The Bertz CT molecular complexity index is 745. The zero-order valence-corrected chi connectivity index (χ0v) is 18.3. The fraction of sp³-hybridized carbons (Fsp3) is 0.500. The molecule has 0 aliphatic heterocycles. The van der Waals surface area contributed by atoms with Crippen molar-refractivity contribution in [3.63, 3.8) is 0 Å². The van der Waals surface area contributed by atoms with Crippen LogP contribution in [0.5, 0.6) is 0 Å². The van der Waals surface area contributed by atoms with Crippen LogP contribution in [0.1, 0.15) is 37.2 Å². The molecule has 0 aliphatic rings. The largest absolute Gasteiger partial charge is 0.416 e. The number of nitrogens with zero attached hydrogens (tertiary/aromatic N) is 4. The van der Waals surface area contributed by atoms with Crippen molar-refractivity contribution in [1.82, 2.24) is 25.4 Å². The summed E-state index contributed by atoms with van der Waals surface area (Å²) in [6.07, 6.45) is -0.962. The van der Waals surface area contributed by atoms with Gasteiger partial charge in [-0.3, -0.25) is 0 Å². The van der Waals surface area contributed by atoms with Crippen molar-refractivity contribution < 1.29 is 13.2 Å². The van der Waals surface area contributed by atoms with Gasteiger partial charge in [0.2, 0.25) is 0 Å². The summed E-state index contributed by atoms with van der Waals surface area (Å²) in [6, 6.07) is 5.23. The topological polar surface area (TPSA) is 67.1 Å². The number of hydrogen-bond donors (Lipinski definition) is 2. The third-order valence-electron chi connectivity index (χ3n) is 3.87. The molecule has 0 atom stereocenters. The summed E-state index contributed by atoms with van der Waals surface area (Å²) in [5, 5.41) is 14.3. The molecule has 2 aromatic rings. The van der Waals surface area contributed by atoms with Gasteiger partial charge in [-0.15, -0.1) is 34.2 Å². The molecule has 0 amide bonds. The number of alkyl halides is 3. The number of aliphatic imine (C=N–C) groups is 1. The molecule has 0 aliphatic carbocycles. The number of benzene rings is 1. The minimum atomic E-state index is -4.35. The van der Waals surface area contributed by atoms with Gasteiger partial charge < -0.3 is 15.2 Å². The highest BCUT2D eigenvalue weighted by Crippen LogP contribution is 2.29. The first-order chi connectivity index (χ1) is 12.9. The van der Waals surface area contributed by atoms with E-state index in [0.29, 0.717) is 24.6 Å². The predicted octanol–water partition coefficient (Wildman–Crippen LogP) is 3.62. The van der Waals surface area contributed by atoms with Crippen molar-refractivity contribution in [2.24, 2.45) is 4.99 Å². The van der Waals surface area contributed by atoms with Crippen molar-refractivity contribution in [2.75, 3.05) is 13.1 Å². The maximum Gasteiger partial charge on any atom is 0.416 e. The van der Waals surface area contributed by atoms with Crippen LogP contribution in [-0.2, 0) is 25.7 Å². The average Bonchev–Trinajstić information content (AvgIpc) is 3.10. The molecule has 1 aromatic carbocycles. The fourth-order valence-corrected chi connectivity index (χ4v) is 2.47. The van der Waals surface area contributed by atoms with Gasteiger partial charge in [0.05, 0.1) is 12.1 Å². The minimum absolute atomic E-state index is 0. The van der Waals surface area contributed by atoms with E-state index < -0.39 is 11.7 Å². The molecule has 0 radical (unpaired) electrons. The second kappa shape index (κ2) is 11.9. The lowest BCUT2D eigenvalue weighted by molar-refractivity contribution is -0.137. The van der Waals surface area contributed by atoms with Crippen LogP contribution >= 0.6 is 24.0 Å². The monoisotopic (exact) mass is 510 g/mol. The van der Waals surface area contributed by atoms with Gasteiger partial charge in [-0.25, -0.2) is 4.99 Å². The minimum Gasteiger partial charge on any atom is -0.356 e. The molecule has 10 heteroatoms. The zero-order valence-electron chi connectivity index (χ0n) is 16.0. The van der Waals surface area contributed by atoms with E-state index in [4.69, 9.17) is 0 Å². The molecule has 0 saturated carbocycles. The van der Waals surface area contributed by atoms with E-state index in [2.05, 4.69) is 25.8 Å². The summed E-state index contributed by atoms with van der Waals surface area (Å²) in [7, 11) is 0. The van der Waals surface area contributed by atoms with Crippen LogP contribution in [0, 0.1) is 0 Å². The van der Waals surface area contributed by atoms with Gasteiger partial charge in [0, 0.05) is 26.1 Å². The van der Waals surface area contributed by atoms with Gasteiger partial charge in [0.25, 0.3) is 0 Å². The molecular weight excluding hydrogens is 484 g/mol. The Labute approximate surface area is 180 Å². The summed E-state index contributed by atoms with van der Waals surface area (Å²) in [5.41, 5.74) is -0.152. The van der Waals surface area contributed by atoms with Crippen molar-refractivity contribution in [3.8, 4) is 0 Å². The standard InChI is InChI=1S/C18H25F3N6.HI/c1-3-8-22-17(23-9-10-27-13-25-26-16(27)4-2)24-12-14-6-5-7-15(11-14)18(19,20)21;/h5-7,11,13H,3-4,8-10,12H2,1-2H3,(H2,22,23,24);1H. The first-order valence-electron chi connectivity index (χ1n) is 8.99. The average molecular weight is 510 g/mol. The number of aryl methyl sites for hydroxylation is 1. The van der Waals surface area contributed by atoms with E-state index in [1.54, 1.807) is 12.4 Å². The number of guanidine groups is 1. The van der Waals surface area contributed by atoms with Gasteiger partial charge >= 0.3 is 6.18 Å². The molecule has 2 N–H and O–H groups in total. The molecule has 2 rings (SSSR count). The SMILES string of the molecule is CCCNC(=NCc1cccc(C(F)(F)F)c1)NCCn1cnnc1CC.I. The lowest BCUT2D eigenvalue weighted by Gasteiger charge is -2.13. The predicted molar refractivity (Wildman–Crippen MR) is 114 cm³/mol. The summed E-state index contributed by atoms with van der Waals surface area (Å²) in [4.78, 5) is 4.40. The van der Waals surface area contributed by atoms with Crippen LogP contribution in [0.15, 0.2) is 35.6 Å². The molecule has 156 valence electrons.